The van der Waals surface area contributed by atoms with E-state index in [1.807, 2.05) is 13.0 Å². The minimum atomic E-state index is -0.0767. The Kier molecular flexibility index (Phi) is 4.58. The highest BCUT2D eigenvalue weighted by molar-refractivity contribution is 6.34. The van der Waals surface area contributed by atoms with Gasteiger partial charge >= 0.3 is 0 Å². The number of halogens is 3. The highest BCUT2D eigenvalue weighted by Gasteiger charge is 2.08. The normalized spacial score (nSPS) is 12.3. The van der Waals surface area contributed by atoms with Gasteiger partial charge in [0.15, 0.2) is 0 Å². The lowest BCUT2D eigenvalue weighted by Gasteiger charge is -2.11. The molecule has 2 aromatic carbocycles. The monoisotopic (exact) mass is 315 g/mol. The summed E-state index contributed by atoms with van der Waals surface area (Å²) in [6, 6.07) is 10.3. The Morgan fingerprint density at radius 1 is 1.00 bits per heavy atom. The van der Waals surface area contributed by atoms with Gasteiger partial charge in [0.1, 0.15) is 11.5 Å². The molecule has 19 heavy (non-hydrogen) atoms. The number of nitrogens with two attached hydrogens (primary N) is 1. The van der Waals surface area contributed by atoms with Crippen molar-refractivity contribution in [1.29, 1.82) is 0 Å². The number of benzene rings is 2. The molecule has 100 valence electrons. The molecule has 0 spiro atoms. The summed E-state index contributed by atoms with van der Waals surface area (Å²) in [5.74, 6) is 1.07. The van der Waals surface area contributed by atoms with Crippen LogP contribution in [0.25, 0.3) is 0 Å². The fourth-order valence-electron chi connectivity index (χ4n) is 1.60. The SMILES string of the molecule is CC(N)c1ccc(Oc2cc(Cl)cc(Cl)c2)c(Cl)c1. The van der Waals surface area contributed by atoms with E-state index in [0.717, 1.165) is 5.56 Å². The van der Waals surface area contributed by atoms with Crippen LogP contribution in [-0.4, -0.2) is 0 Å². The summed E-state index contributed by atoms with van der Waals surface area (Å²) >= 11 is 18.0. The highest BCUT2D eigenvalue weighted by atomic mass is 35.5. The summed E-state index contributed by atoms with van der Waals surface area (Å²) in [4.78, 5) is 0. The van der Waals surface area contributed by atoms with Crippen molar-refractivity contribution in [1.82, 2.24) is 0 Å². The molecule has 2 aromatic rings. The van der Waals surface area contributed by atoms with Crippen LogP contribution in [-0.2, 0) is 0 Å². The second-order valence-corrected chi connectivity index (χ2v) is 5.47. The van der Waals surface area contributed by atoms with Crippen LogP contribution >= 0.6 is 34.8 Å². The maximum atomic E-state index is 6.16. The van der Waals surface area contributed by atoms with Crippen LogP contribution < -0.4 is 10.5 Å². The molecular formula is C14H12Cl3NO. The molecule has 0 aromatic heterocycles. The van der Waals surface area contributed by atoms with Gasteiger partial charge in [-0.25, -0.2) is 0 Å². The van der Waals surface area contributed by atoms with E-state index in [1.54, 1.807) is 30.3 Å². The zero-order valence-electron chi connectivity index (χ0n) is 10.2. The predicted molar refractivity (Wildman–Crippen MR) is 80.6 cm³/mol. The minimum Gasteiger partial charge on any atom is -0.456 e. The van der Waals surface area contributed by atoms with Gasteiger partial charge in [0.05, 0.1) is 5.02 Å². The standard InChI is InChI=1S/C14H12Cl3NO/c1-8(18)9-2-3-14(13(17)4-9)19-12-6-10(15)5-11(16)7-12/h2-8H,18H2,1H3. The van der Waals surface area contributed by atoms with Crippen molar-refractivity contribution in [3.8, 4) is 11.5 Å². The molecule has 1 atom stereocenters. The average Bonchev–Trinajstić information content (AvgIpc) is 2.30. The van der Waals surface area contributed by atoms with E-state index in [1.165, 1.54) is 0 Å². The van der Waals surface area contributed by atoms with E-state index in [0.29, 0.717) is 26.6 Å². The summed E-state index contributed by atoms with van der Waals surface area (Å²) in [5, 5.41) is 1.50. The van der Waals surface area contributed by atoms with Crippen LogP contribution in [0.4, 0.5) is 0 Å². The fraction of sp³-hybridized carbons (Fsp3) is 0.143. The lowest BCUT2D eigenvalue weighted by atomic mass is 10.1. The van der Waals surface area contributed by atoms with Crippen molar-refractivity contribution in [2.45, 2.75) is 13.0 Å². The summed E-state index contributed by atoms with van der Waals surface area (Å²) in [6.07, 6.45) is 0. The van der Waals surface area contributed by atoms with Crippen LogP contribution in [0.1, 0.15) is 18.5 Å². The van der Waals surface area contributed by atoms with E-state index in [9.17, 15) is 0 Å². The number of ether oxygens (including phenoxy) is 1. The lowest BCUT2D eigenvalue weighted by Crippen LogP contribution is -2.04. The molecule has 0 saturated carbocycles. The minimum absolute atomic E-state index is 0.0767. The largest absolute Gasteiger partial charge is 0.456 e. The van der Waals surface area contributed by atoms with Gasteiger partial charge in [-0.3, -0.25) is 0 Å². The maximum absolute atomic E-state index is 6.16. The fourth-order valence-corrected chi connectivity index (χ4v) is 2.33. The second kappa shape index (κ2) is 6.02. The molecule has 0 fully saturated rings. The summed E-state index contributed by atoms with van der Waals surface area (Å²) in [5.41, 5.74) is 6.74. The molecule has 0 heterocycles. The van der Waals surface area contributed by atoms with Crippen molar-refractivity contribution >= 4 is 34.8 Å². The Morgan fingerprint density at radius 3 is 2.16 bits per heavy atom. The quantitative estimate of drug-likeness (QED) is 0.816. The molecular weight excluding hydrogens is 305 g/mol. The molecule has 0 radical (unpaired) electrons. The second-order valence-electron chi connectivity index (χ2n) is 4.19. The van der Waals surface area contributed by atoms with Gasteiger partial charge in [0, 0.05) is 16.1 Å². The van der Waals surface area contributed by atoms with Gasteiger partial charge in [-0.1, -0.05) is 40.9 Å². The lowest BCUT2D eigenvalue weighted by molar-refractivity contribution is 0.482. The van der Waals surface area contributed by atoms with Crippen molar-refractivity contribution < 1.29 is 4.74 Å². The number of hydrogen-bond acceptors (Lipinski definition) is 2. The Morgan fingerprint density at radius 2 is 1.63 bits per heavy atom. The highest BCUT2D eigenvalue weighted by Crippen LogP contribution is 2.33. The molecule has 0 aliphatic rings. The molecule has 2 nitrogen and oxygen atoms in total. The first-order chi connectivity index (χ1) is 8.95. The Balaban J connectivity index is 2.28. The Hall–Kier alpha value is -0.930. The molecule has 0 aliphatic heterocycles. The van der Waals surface area contributed by atoms with E-state index in [4.69, 9.17) is 45.3 Å². The first-order valence-corrected chi connectivity index (χ1v) is 6.78. The number of rotatable bonds is 3. The van der Waals surface area contributed by atoms with Crippen LogP contribution in [0.3, 0.4) is 0 Å². The van der Waals surface area contributed by atoms with Gasteiger partial charge in [-0.2, -0.15) is 0 Å². The van der Waals surface area contributed by atoms with Gasteiger partial charge in [-0.15, -0.1) is 0 Å². The molecule has 1 unspecified atom stereocenters. The number of hydrogen-bond donors (Lipinski definition) is 1. The van der Waals surface area contributed by atoms with Crippen LogP contribution in [0.2, 0.25) is 15.1 Å². The van der Waals surface area contributed by atoms with E-state index >= 15 is 0 Å². The molecule has 0 bridgehead atoms. The topological polar surface area (TPSA) is 35.2 Å². The van der Waals surface area contributed by atoms with Gasteiger partial charge < -0.3 is 10.5 Å². The van der Waals surface area contributed by atoms with Crippen LogP contribution in [0.15, 0.2) is 36.4 Å². The molecule has 0 amide bonds. The predicted octanol–water partition coefficient (Wildman–Crippen LogP) is 5.46. The van der Waals surface area contributed by atoms with E-state index < -0.39 is 0 Å². The smallest absolute Gasteiger partial charge is 0.146 e. The van der Waals surface area contributed by atoms with E-state index in [-0.39, 0.29) is 6.04 Å². The third kappa shape index (κ3) is 3.77. The van der Waals surface area contributed by atoms with Crippen LogP contribution in [0.5, 0.6) is 11.5 Å². The third-order valence-corrected chi connectivity index (χ3v) is 3.28. The first-order valence-electron chi connectivity index (χ1n) is 5.64. The van der Waals surface area contributed by atoms with Crippen molar-refractivity contribution in [2.24, 2.45) is 5.73 Å². The summed E-state index contributed by atoms with van der Waals surface area (Å²) in [6.45, 7) is 1.89. The van der Waals surface area contributed by atoms with Gasteiger partial charge in [0.2, 0.25) is 0 Å². The summed E-state index contributed by atoms with van der Waals surface area (Å²) in [7, 11) is 0. The van der Waals surface area contributed by atoms with Gasteiger partial charge in [-0.05, 0) is 42.8 Å². The molecule has 2 rings (SSSR count). The summed E-state index contributed by atoms with van der Waals surface area (Å²) < 4.78 is 5.66. The van der Waals surface area contributed by atoms with Crippen LogP contribution in [0, 0.1) is 0 Å². The van der Waals surface area contributed by atoms with Crippen molar-refractivity contribution in [3.63, 3.8) is 0 Å². The average molecular weight is 317 g/mol. The first kappa shape index (κ1) is 14.5. The molecule has 0 saturated heterocycles. The van der Waals surface area contributed by atoms with Gasteiger partial charge in [0.25, 0.3) is 0 Å². The zero-order valence-corrected chi connectivity index (χ0v) is 12.4. The molecule has 5 heteroatoms. The molecule has 2 N–H and O–H groups in total. The Labute approximate surface area is 127 Å². The third-order valence-electron chi connectivity index (χ3n) is 2.55. The van der Waals surface area contributed by atoms with Crippen molar-refractivity contribution in [3.05, 3.63) is 57.0 Å². The zero-order chi connectivity index (χ0) is 14.0. The molecule has 0 aliphatic carbocycles. The Bertz CT molecular complexity index is 579. The van der Waals surface area contributed by atoms with E-state index in [2.05, 4.69) is 0 Å². The van der Waals surface area contributed by atoms with Crippen molar-refractivity contribution in [2.75, 3.05) is 0 Å². The maximum Gasteiger partial charge on any atom is 0.146 e.